The molecule has 7 heteroatoms. The number of hydrogen-bond donors (Lipinski definition) is 1. The summed E-state index contributed by atoms with van der Waals surface area (Å²) in [6.45, 7) is 0.725. The van der Waals surface area contributed by atoms with E-state index in [-0.39, 0.29) is 16.7 Å². The minimum atomic E-state index is -3.53. The van der Waals surface area contributed by atoms with Crippen molar-refractivity contribution >= 4 is 21.6 Å². The van der Waals surface area contributed by atoms with Crippen molar-refractivity contribution in [1.29, 1.82) is 0 Å². The van der Waals surface area contributed by atoms with Gasteiger partial charge in [-0.25, -0.2) is 8.42 Å². The van der Waals surface area contributed by atoms with Gasteiger partial charge < -0.3 is 10.6 Å². The van der Waals surface area contributed by atoms with Crippen LogP contribution in [0.5, 0.6) is 0 Å². The molecule has 1 aliphatic rings. The van der Waals surface area contributed by atoms with Crippen LogP contribution in [0.3, 0.4) is 0 Å². The highest BCUT2D eigenvalue weighted by molar-refractivity contribution is 7.89. The van der Waals surface area contributed by atoms with Gasteiger partial charge in [0, 0.05) is 38.8 Å². The van der Waals surface area contributed by atoms with Crippen LogP contribution in [0.25, 0.3) is 0 Å². The molecule has 0 unspecified atom stereocenters. The molecule has 1 heterocycles. The number of anilines is 1. The van der Waals surface area contributed by atoms with Crippen LogP contribution in [0, 0.1) is 5.92 Å². The molecule has 1 amide bonds. The number of sulfonamides is 1. The first kappa shape index (κ1) is 15.8. The topological polar surface area (TPSA) is 83.7 Å². The second kappa shape index (κ2) is 6.03. The summed E-state index contributed by atoms with van der Waals surface area (Å²) in [6.07, 6.45) is 1.11. The molecule has 116 valence electrons. The van der Waals surface area contributed by atoms with Crippen LogP contribution in [0.1, 0.15) is 12.8 Å². The number of nitrogen functional groups attached to an aromatic ring is 1. The van der Waals surface area contributed by atoms with Crippen molar-refractivity contribution in [2.75, 3.05) is 32.9 Å². The lowest BCUT2D eigenvalue weighted by Gasteiger charge is -2.31. The number of carbonyl (C=O) groups excluding carboxylic acids is 1. The zero-order valence-electron chi connectivity index (χ0n) is 12.3. The Morgan fingerprint density at radius 3 is 2.43 bits per heavy atom. The molecule has 0 aliphatic carbocycles. The SMILES string of the molecule is CN(C)C(=O)C1CCN(S(=O)(=O)c2cccc(N)c2)CC1. The number of rotatable bonds is 3. The van der Waals surface area contributed by atoms with Gasteiger partial charge in [-0.15, -0.1) is 0 Å². The summed E-state index contributed by atoms with van der Waals surface area (Å²) in [7, 11) is -0.0846. The fourth-order valence-corrected chi connectivity index (χ4v) is 4.06. The number of nitrogens with two attached hydrogens (primary N) is 1. The molecule has 2 N–H and O–H groups in total. The Bertz CT molecular complexity index is 620. The van der Waals surface area contributed by atoms with Gasteiger partial charge in [-0.3, -0.25) is 4.79 Å². The molecule has 0 bridgehead atoms. The second-order valence-corrected chi connectivity index (χ2v) is 7.42. The molecule has 1 fully saturated rings. The van der Waals surface area contributed by atoms with E-state index in [1.807, 2.05) is 0 Å². The fraction of sp³-hybridized carbons (Fsp3) is 0.500. The minimum Gasteiger partial charge on any atom is -0.399 e. The Hall–Kier alpha value is -1.60. The van der Waals surface area contributed by atoms with Gasteiger partial charge in [0.25, 0.3) is 0 Å². The van der Waals surface area contributed by atoms with E-state index in [4.69, 9.17) is 5.73 Å². The van der Waals surface area contributed by atoms with Gasteiger partial charge in [0.2, 0.25) is 15.9 Å². The summed E-state index contributed by atoms with van der Waals surface area (Å²) >= 11 is 0. The Labute approximate surface area is 125 Å². The molecule has 6 nitrogen and oxygen atoms in total. The van der Waals surface area contributed by atoms with E-state index in [1.165, 1.54) is 10.4 Å². The third kappa shape index (κ3) is 3.36. The van der Waals surface area contributed by atoms with Crippen LogP contribution in [-0.4, -0.2) is 50.7 Å². The Morgan fingerprint density at radius 1 is 1.29 bits per heavy atom. The lowest BCUT2D eigenvalue weighted by molar-refractivity contribution is -0.134. The third-order valence-corrected chi connectivity index (χ3v) is 5.63. The van der Waals surface area contributed by atoms with Crippen LogP contribution in [0.15, 0.2) is 29.2 Å². The van der Waals surface area contributed by atoms with Crippen molar-refractivity contribution in [1.82, 2.24) is 9.21 Å². The first-order valence-corrected chi connectivity index (χ1v) is 8.33. The van der Waals surface area contributed by atoms with Crippen LogP contribution < -0.4 is 5.73 Å². The molecule has 0 atom stereocenters. The fourth-order valence-electron chi connectivity index (χ4n) is 2.53. The first-order chi connectivity index (χ1) is 9.82. The zero-order valence-corrected chi connectivity index (χ0v) is 13.1. The van der Waals surface area contributed by atoms with Gasteiger partial charge in [0.15, 0.2) is 0 Å². The van der Waals surface area contributed by atoms with Crippen LogP contribution in [-0.2, 0) is 14.8 Å². The predicted molar refractivity (Wildman–Crippen MR) is 81.0 cm³/mol. The van der Waals surface area contributed by atoms with E-state index in [0.717, 1.165) is 0 Å². The van der Waals surface area contributed by atoms with Crippen LogP contribution in [0.4, 0.5) is 5.69 Å². The zero-order chi connectivity index (χ0) is 15.6. The molecule has 2 rings (SSSR count). The van der Waals surface area contributed by atoms with Crippen molar-refractivity contribution in [2.24, 2.45) is 5.92 Å². The standard InChI is InChI=1S/C14H21N3O3S/c1-16(2)14(18)11-6-8-17(9-7-11)21(19,20)13-5-3-4-12(15)10-13/h3-5,10-11H,6-9,15H2,1-2H3. The Balaban J connectivity index is 2.10. The number of amides is 1. The number of hydrogen-bond acceptors (Lipinski definition) is 4. The largest absolute Gasteiger partial charge is 0.399 e. The van der Waals surface area contributed by atoms with E-state index >= 15 is 0 Å². The van der Waals surface area contributed by atoms with Crippen LogP contribution >= 0.6 is 0 Å². The van der Waals surface area contributed by atoms with Crippen molar-refractivity contribution < 1.29 is 13.2 Å². The maximum atomic E-state index is 12.5. The summed E-state index contributed by atoms with van der Waals surface area (Å²) in [6, 6.07) is 6.29. The minimum absolute atomic E-state index is 0.0657. The van der Waals surface area contributed by atoms with E-state index < -0.39 is 10.0 Å². The van der Waals surface area contributed by atoms with E-state index in [1.54, 1.807) is 37.2 Å². The van der Waals surface area contributed by atoms with E-state index in [0.29, 0.717) is 31.6 Å². The van der Waals surface area contributed by atoms with Crippen LogP contribution in [0.2, 0.25) is 0 Å². The molecule has 0 radical (unpaired) electrons. The summed E-state index contributed by atoms with van der Waals surface area (Å²) in [5, 5.41) is 0. The lowest BCUT2D eigenvalue weighted by atomic mass is 9.97. The molecule has 1 aromatic carbocycles. The second-order valence-electron chi connectivity index (χ2n) is 5.48. The smallest absolute Gasteiger partial charge is 0.243 e. The van der Waals surface area contributed by atoms with Gasteiger partial charge in [0.1, 0.15) is 0 Å². The van der Waals surface area contributed by atoms with Gasteiger partial charge in [-0.05, 0) is 31.0 Å². The predicted octanol–water partition coefficient (Wildman–Crippen LogP) is 0.758. The van der Waals surface area contributed by atoms with Crippen molar-refractivity contribution in [2.45, 2.75) is 17.7 Å². The van der Waals surface area contributed by atoms with Gasteiger partial charge in [-0.2, -0.15) is 4.31 Å². The van der Waals surface area contributed by atoms with Crippen molar-refractivity contribution in [3.8, 4) is 0 Å². The molecule has 21 heavy (non-hydrogen) atoms. The van der Waals surface area contributed by atoms with Crippen molar-refractivity contribution in [3.63, 3.8) is 0 Å². The summed E-state index contributed by atoms with van der Waals surface area (Å²) in [4.78, 5) is 13.7. The average Bonchev–Trinajstić information content (AvgIpc) is 2.46. The number of benzene rings is 1. The molecule has 0 spiro atoms. The number of carbonyl (C=O) groups is 1. The number of nitrogens with zero attached hydrogens (tertiary/aromatic N) is 2. The Morgan fingerprint density at radius 2 is 1.90 bits per heavy atom. The highest BCUT2D eigenvalue weighted by Crippen LogP contribution is 2.25. The van der Waals surface area contributed by atoms with Gasteiger partial charge >= 0.3 is 0 Å². The molecule has 1 aromatic rings. The van der Waals surface area contributed by atoms with E-state index in [9.17, 15) is 13.2 Å². The molecule has 1 saturated heterocycles. The quantitative estimate of drug-likeness (QED) is 0.835. The maximum Gasteiger partial charge on any atom is 0.243 e. The van der Waals surface area contributed by atoms with Gasteiger partial charge in [0.05, 0.1) is 4.90 Å². The van der Waals surface area contributed by atoms with Gasteiger partial charge in [-0.1, -0.05) is 6.07 Å². The third-order valence-electron chi connectivity index (χ3n) is 3.74. The highest BCUT2D eigenvalue weighted by atomic mass is 32.2. The first-order valence-electron chi connectivity index (χ1n) is 6.89. The average molecular weight is 311 g/mol. The summed E-state index contributed by atoms with van der Waals surface area (Å²) in [5.41, 5.74) is 6.07. The van der Waals surface area contributed by atoms with Crippen molar-refractivity contribution in [3.05, 3.63) is 24.3 Å². The highest BCUT2D eigenvalue weighted by Gasteiger charge is 2.32. The molecular formula is C14H21N3O3S. The number of piperidine rings is 1. The molecular weight excluding hydrogens is 290 g/mol. The molecule has 0 aromatic heterocycles. The van der Waals surface area contributed by atoms with E-state index in [2.05, 4.69) is 0 Å². The molecule has 1 aliphatic heterocycles. The monoisotopic (exact) mass is 311 g/mol. The Kier molecular flexibility index (Phi) is 4.53. The lowest BCUT2D eigenvalue weighted by Crippen LogP contribution is -2.42. The summed E-state index contributed by atoms with van der Waals surface area (Å²) < 4.78 is 26.5. The summed E-state index contributed by atoms with van der Waals surface area (Å²) in [5.74, 6) is -0.0247. The maximum absolute atomic E-state index is 12.5. The molecule has 0 saturated carbocycles. The normalized spacial score (nSPS) is 17.6.